The summed E-state index contributed by atoms with van der Waals surface area (Å²) >= 11 is 0. The quantitative estimate of drug-likeness (QED) is 0.636. The Morgan fingerprint density at radius 3 is 2.50 bits per heavy atom. The van der Waals surface area contributed by atoms with Crippen molar-refractivity contribution in [2.75, 3.05) is 33.3 Å². The second-order valence-electron chi connectivity index (χ2n) is 4.55. The highest BCUT2D eigenvalue weighted by Gasteiger charge is 2.22. The largest absolute Gasteiger partial charge is 0.394 e. The van der Waals surface area contributed by atoms with Crippen molar-refractivity contribution in [3.05, 3.63) is 0 Å². The average Bonchev–Trinajstić information content (AvgIpc) is 2.23. The monoisotopic (exact) mass is 238 g/mol. The van der Waals surface area contributed by atoms with Crippen molar-refractivity contribution in [2.24, 2.45) is 0 Å². The van der Waals surface area contributed by atoms with Crippen LogP contribution in [0.5, 0.6) is 0 Å². The first-order valence-corrected chi connectivity index (χ1v) is 5.76. The van der Waals surface area contributed by atoms with Crippen molar-refractivity contribution in [3.63, 3.8) is 0 Å². The first-order chi connectivity index (χ1) is 7.43. The molecule has 0 saturated carbocycles. The molecule has 0 aromatic rings. The SMILES string of the molecule is CCCNC(C)(CO)CCN(C)CC(F)F. The molecule has 0 aromatic carbocycles. The zero-order valence-electron chi connectivity index (χ0n) is 10.5. The van der Waals surface area contributed by atoms with Gasteiger partial charge in [-0.2, -0.15) is 0 Å². The van der Waals surface area contributed by atoms with E-state index in [9.17, 15) is 13.9 Å². The fraction of sp³-hybridized carbons (Fsp3) is 1.00. The summed E-state index contributed by atoms with van der Waals surface area (Å²) in [5.41, 5.74) is -0.369. The molecule has 0 saturated heterocycles. The fourth-order valence-electron chi connectivity index (χ4n) is 1.41. The van der Waals surface area contributed by atoms with Crippen LogP contribution in [0.15, 0.2) is 0 Å². The maximum Gasteiger partial charge on any atom is 0.251 e. The van der Waals surface area contributed by atoms with E-state index in [-0.39, 0.29) is 18.7 Å². The van der Waals surface area contributed by atoms with Crippen molar-refractivity contribution < 1.29 is 13.9 Å². The minimum absolute atomic E-state index is 0.0233. The summed E-state index contributed by atoms with van der Waals surface area (Å²) in [5.74, 6) is 0. The first kappa shape index (κ1) is 15.7. The van der Waals surface area contributed by atoms with E-state index in [1.165, 1.54) is 0 Å². The molecule has 0 fully saturated rings. The summed E-state index contributed by atoms with van der Waals surface area (Å²) in [6.07, 6.45) is -0.649. The van der Waals surface area contributed by atoms with Crippen LogP contribution >= 0.6 is 0 Å². The number of nitrogens with one attached hydrogen (secondary N) is 1. The smallest absolute Gasteiger partial charge is 0.251 e. The van der Waals surface area contributed by atoms with Crippen LogP contribution in [0.1, 0.15) is 26.7 Å². The molecular formula is C11H24F2N2O. The summed E-state index contributed by atoms with van der Waals surface area (Å²) in [6.45, 7) is 5.16. The van der Waals surface area contributed by atoms with E-state index in [0.29, 0.717) is 13.0 Å². The van der Waals surface area contributed by atoms with Crippen LogP contribution in [0.2, 0.25) is 0 Å². The standard InChI is InChI=1S/C11H24F2N2O/c1-4-6-14-11(2,9-16)5-7-15(3)8-10(12)13/h10,14,16H,4-9H2,1-3H3. The molecule has 1 unspecified atom stereocenters. The maximum absolute atomic E-state index is 12.1. The lowest BCUT2D eigenvalue weighted by Crippen LogP contribution is -2.48. The Kier molecular flexibility index (Phi) is 7.80. The van der Waals surface area contributed by atoms with E-state index >= 15 is 0 Å². The van der Waals surface area contributed by atoms with Crippen molar-refractivity contribution >= 4 is 0 Å². The average molecular weight is 238 g/mol. The fourth-order valence-corrected chi connectivity index (χ4v) is 1.41. The predicted octanol–water partition coefficient (Wildman–Crippen LogP) is 1.32. The van der Waals surface area contributed by atoms with Gasteiger partial charge in [0, 0.05) is 5.54 Å². The van der Waals surface area contributed by atoms with Crippen LogP contribution in [0, 0.1) is 0 Å². The number of halogens is 2. The molecule has 0 rings (SSSR count). The molecule has 0 aromatic heterocycles. The summed E-state index contributed by atoms with van der Waals surface area (Å²) in [7, 11) is 1.67. The first-order valence-electron chi connectivity index (χ1n) is 5.76. The Hall–Kier alpha value is -0.260. The van der Waals surface area contributed by atoms with Crippen molar-refractivity contribution in [1.82, 2.24) is 10.2 Å². The Labute approximate surface area is 96.8 Å². The maximum atomic E-state index is 12.1. The molecule has 0 heterocycles. The van der Waals surface area contributed by atoms with Gasteiger partial charge in [0.05, 0.1) is 13.2 Å². The van der Waals surface area contributed by atoms with Crippen molar-refractivity contribution in [1.29, 1.82) is 0 Å². The predicted molar refractivity (Wildman–Crippen MR) is 61.9 cm³/mol. The van der Waals surface area contributed by atoms with Gasteiger partial charge in [0.15, 0.2) is 0 Å². The van der Waals surface area contributed by atoms with Gasteiger partial charge in [-0.15, -0.1) is 0 Å². The van der Waals surface area contributed by atoms with Crippen LogP contribution in [-0.4, -0.2) is 55.3 Å². The Morgan fingerprint density at radius 1 is 1.44 bits per heavy atom. The van der Waals surface area contributed by atoms with Gasteiger partial charge < -0.3 is 15.3 Å². The van der Waals surface area contributed by atoms with Gasteiger partial charge in [-0.25, -0.2) is 8.78 Å². The van der Waals surface area contributed by atoms with Gasteiger partial charge in [-0.1, -0.05) is 6.92 Å². The van der Waals surface area contributed by atoms with E-state index in [4.69, 9.17) is 0 Å². The number of alkyl halides is 2. The minimum Gasteiger partial charge on any atom is -0.394 e. The molecule has 0 aliphatic heterocycles. The molecule has 0 spiro atoms. The number of hydrogen-bond acceptors (Lipinski definition) is 3. The van der Waals surface area contributed by atoms with Crippen LogP contribution in [0.4, 0.5) is 8.78 Å². The van der Waals surface area contributed by atoms with Crippen LogP contribution in [-0.2, 0) is 0 Å². The number of aliphatic hydroxyl groups excluding tert-OH is 1. The third kappa shape index (κ3) is 7.09. The molecule has 5 heteroatoms. The Balaban J connectivity index is 3.92. The highest BCUT2D eigenvalue weighted by atomic mass is 19.3. The van der Waals surface area contributed by atoms with E-state index in [2.05, 4.69) is 5.32 Å². The molecule has 0 aliphatic rings. The molecule has 3 nitrogen and oxygen atoms in total. The zero-order valence-corrected chi connectivity index (χ0v) is 10.5. The molecule has 0 radical (unpaired) electrons. The molecule has 0 bridgehead atoms. The summed E-state index contributed by atoms with van der Waals surface area (Å²) in [6, 6.07) is 0. The minimum atomic E-state index is -2.30. The second-order valence-corrected chi connectivity index (χ2v) is 4.55. The highest BCUT2D eigenvalue weighted by molar-refractivity contribution is 4.83. The van der Waals surface area contributed by atoms with E-state index < -0.39 is 6.43 Å². The van der Waals surface area contributed by atoms with Crippen molar-refractivity contribution in [3.8, 4) is 0 Å². The number of aliphatic hydroxyl groups is 1. The van der Waals surface area contributed by atoms with Gasteiger partial charge in [-0.05, 0) is 39.9 Å². The Bertz CT molecular complexity index is 181. The summed E-state index contributed by atoms with van der Waals surface area (Å²) < 4.78 is 24.2. The number of nitrogens with zero attached hydrogens (tertiary/aromatic N) is 1. The summed E-state index contributed by atoms with van der Waals surface area (Å²) in [4.78, 5) is 1.59. The van der Waals surface area contributed by atoms with E-state index in [0.717, 1.165) is 13.0 Å². The van der Waals surface area contributed by atoms with Gasteiger partial charge in [0.25, 0.3) is 6.43 Å². The molecule has 16 heavy (non-hydrogen) atoms. The molecule has 1 atom stereocenters. The second kappa shape index (κ2) is 7.92. The third-order valence-electron chi connectivity index (χ3n) is 2.65. The zero-order chi connectivity index (χ0) is 12.6. The van der Waals surface area contributed by atoms with E-state index in [1.54, 1.807) is 11.9 Å². The van der Waals surface area contributed by atoms with Crippen LogP contribution in [0.25, 0.3) is 0 Å². The van der Waals surface area contributed by atoms with Gasteiger partial charge >= 0.3 is 0 Å². The lowest BCUT2D eigenvalue weighted by atomic mass is 9.98. The summed E-state index contributed by atoms with van der Waals surface area (Å²) in [5, 5.41) is 12.5. The van der Waals surface area contributed by atoms with Crippen LogP contribution in [0.3, 0.4) is 0 Å². The molecule has 2 N–H and O–H groups in total. The normalized spacial score (nSPS) is 15.8. The molecule has 0 amide bonds. The Morgan fingerprint density at radius 2 is 2.06 bits per heavy atom. The topological polar surface area (TPSA) is 35.5 Å². The highest BCUT2D eigenvalue weighted by Crippen LogP contribution is 2.10. The van der Waals surface area contributed by atoms with Crippen molar-refractivity contribution in [2.45, 2.75) is 38.7 Å². The number of hydrogen-bond donors (Lipinski definition) is 2. The van der Waals surface area contributed by atoms with E-state index in [1.807, 2.05) is 13.8 Å². The molecule has 98 valence electrons. The lowest BCUT2D eigenvalue weighted by molar-refractivity contribution is 0.0896. The third-order valence-corrected chi connectivity index (χ3v) is 2.65. The van der Waals surface area contributed by atoms with Gasteiger partial charge in [0.2, 0.25) is 0 Å². The molecular weight excluding hydrogens is 214 g/mol. The number of rotatable bonds is 9. The lowest BCUT2D eigenvalue weighted by Gasteiger charge is -2.30. The van der Waals surface area contributed by atoms with Gasteiger partial charge in [-0.3, -0.25) is 0 Å². The van der Waals surface area contributed by atoms with Crippen LogP contribution < -0.4 is 5.32 Å². The molecule has 0 aliphatic carbocycles. The van der Waals surface area contributed by atoms with Gasteiger partial charge in [0.1, 0.15) is 0 Å².